The van der Waals surface area contributed by atoms with Crippen molar-refractivity contribution >= 4 is 22.8 Å². The molecule has 1 aromatic carbocycles. The minimum atomic E-state index is -0.259. The molecule has 0 saturated heterocycles. The van der Waals surface area contributed by atoms with E-state index in [4.69, 9.17) is 0 Å². The van der Waals surface area contributed by atoms with Gasteiger partial charge in [0.1, 0.15) is 0 Å². The zero-order chi connectivity index (χ0) is 17.0. The summed E-state index contributed by atoms with van der Waals surface area (Å²) in [7, 11) is 3.10. The molecule has 0 saturated carbocycles. The van der Waals surface area contributed by atoms with E-state index in [1.807, 2.05) is 38.1 Å². The zero-order valence-electron chi connectivity index (χ0n) is 14.0. The third-order valence-electron chi connectivity index (χ3n) is 3.84. The van der Waals surface area contributed by atoms with Gasteiger partial charge in [0.2, 0.25) is 0 Å². The van der Waals surface area contributed by atoms with E-state index in [9.17, 15) is 9.59 Å². The lowest BCUT2D eigenvalue weighted by molar-refractivity contribution is -0.140. The highest BCUT2D eigenvalue weighted by molar-refractivity contribution is 5.98. The van der Waals surface area contributed by atoms with Crippen LogP contribution in [0.5, 0.6) is 0 Å². The van der Waals surface area contributed by atoms with Gasteiger partial charge in [-0.1, -0.05) is 11.6 Å². The van der Waals surface area contributed by atoms with Gasteiger partial charge < -0.3 is 9.64 Å². The largest absolute Gasteiger partial charge is 0.469 e. The Morgan fingerprint density at radius 2 is 1.96 bits per heavy atom. The average molecular weight is 314 g/mol. The summed E-state index contributed by atoms with van der Waals surface area (Å²) >= 11 is 0. The highest BCUT2D eigenvalue weighted by atomic mass is 16.5. The maximum atomic E-state index is 12.6. The summed E-state index contributed by atoms with van der Waals surface area (Å²) in [5.74, 6) is -0.340. The van der Waals surface area contributed by atoms with Crippen LogP contribution < -0.4 is 0 Å². The lowest BCUT2D eigenvalue weighted by Crippen LogP contribution is -2.29. The van der Waals surface area contributed by atoms with Gasteiger partial charge in [0.25, 0.3) is 5.91 Å². The Morgan fingerprint density at radius 3 is 2.65 bits per heavy atom. The summed E-state index contributed by atoms with van der Waals surface area (Å²) in [6, 6.07) is 7.89. The number of carbonyl (C=O) groups excluding carboxylic acids is 2. The number of hydrogen-bond acceptors (Lipinski definition) is 4. The first kappa shape index (κ1) is 16.9. The number of nitrogens with zero attached hydrogens (tertiary/aromatic N) is 2. The fourth-order valence-electron chi connectivity index (χ4n) is 2.48. The summed E-state index contributed by atoms with van der Waals surface area (Å²) in [5, 5.41) is 0.960. The Labute approximate surface area is 136 Å². The van der Waals surface area contributed by atoms with E-state index in [-0.39, 0.29) is 11.9 Å². The third-order valence-corrected chi connectivity index (χ3v) is 3.84. The number of carbonyl (C=O) groups is 2. The Balaban J connectivity index is 2.16. The first-order valence-electron chi connectivity index (χ1n) is 7.62. The monoisotopic (exact) mass is 314 g/mol. The lowest BCUT2D eigenvalue weighted by Gasteiger charge is -2.18. The summed E-state index contributed by atoms with van der Waals surface area (Å²) in [5.41, 5.74) is 3.33. The number of rotatable bonds is 5. The summed E-state index contributed by atoms with van der Waals surface area (Å²) in [6.07, 6.45) is 0.885. The molecule has 2 rings (SSSR count). The van der Waals surface area contributed by atoms with Crippen LogP contribution in [0.4, 0.5) is 0 Å². The highest BCUT2D eigenvalue weighted by Crippen LogP contribution is 2.19. The van der Waals surface area contributed by atoms with Crippen LogP contribution in [0, 0.1) is 13.8 Å². The van der Waals surface area contributed by atoms with Crippen LogP contribution in [0.3, 0.4) is 0 Å². The number of aromatic nitrogens is 1. The minimum Gasteiger partial charge on any atom is -0.469 e. The fraction of sp³-hybridized carbons (Fsp3) is 0.389. The fourth-order valence-corrected chi connectivity index (χ4v) is 2.48. The van der Waals surface area contributed by atoms with Gasteiger partial charge in [-0.05, 0) is 38.5 Å². The molecule has 2 aromatic rings. The molecular weight excluding hydrogens is 292 g/mol. The van der Waals surface area contributed by atoms with Crippen molar-refractivity contribution in [3.05, 3.63) is 41.1 Å². The molecule has 5 heteroatoms. The number of aryl methyl sites for hydroxylation is 2. The molecule has 0 unspecified atom stereocenters. The lowest BCUT2D eigenvalue weighted by atomic mass is 10.1. The SMILES string of the molecule is COC(=O)CCCN(C)C(=O)c1cc2cc(C)ccc2nc1C. The molecule has 122 valence electrons. The summed E-state index contributed by atoms with van der Waals surface area (Å²) in [4.78, 5) is 29.9. The Morgan fingerprint density at radius 1 is 1.22 bits per heavy atom. The second-order valence-corrected chi connectivity index (χ2v) is 5.72. The molecule has 5 nitrogen and oxygen atoms in total. The normalized spacial score (nSPS) is 10.6. The van der Waals surface area contributed by atoms with Gasteiger partial charge >= 0.3 is 5.97 Å². The molecule has 1 aromatic heterocycles. The van der Waals surface area contributed by atoms with Crippen molar-refractivity contribution in [1.29, 1.82) is 0 Å². The van der Waals surface area contributed by atoms with Crippen molar-refractivity contribution in [1.82, 2.24) is 9.88 Å². The molecule has 0 fully saturated rings. The molecule has 0 aliphatic rings. The molecule has 1 heterocycles. The summed E-state index contributed by atoms with van der Waals surface area (Å²) < 4.78 is 4.60. The maximum absolute atomic E-state index is 12.6. The molecule has 0 radical (unpaired) electrons. The van der Waals surface area contributed by atoms with Crippen LogP contribution in [0.15, 0.2) is 24.3 Å². The Bertz CT molecular complexity index is 740. The van der Waals surface area contributed by atoms with Gasteiger partial charge in [-0.3, -0.25) is 14.6 Å². The number of hydrogen-bond donors (Lipinski definition) is 0. The number of amides is 1. The molecular formula is C18H22N2O3. The molecule has 0 aliphatic heterocycles. The molecule has 0 aliphatic carbocycles. The van der Waals surface area contributed by atoms with E-state index in [2.05, 4.69) is 9.72 Å². The van der Waals surface area contributed by atoms with Gasteiger partial charge in [-0.25, -0.2) is 0 Å². The number of benzene rings is 1. The minimum absolute atomic E-state index is 0.0803. The quantitative estimate of drug-likeness (QED) is 0.796. The van der Waals surface area contributed by atoms with Crippen LogP contribution in [-0.2, 0) is 9.53 Å². The highest BCUT2D eigenvalue weighted by Gasteiger charge is 2.16. The van der Waals surface area contributed by atoms with E-state index in [1.165, 1.54) is 7.11 Å². The molecule has 0 N–H and O–H groups in total. The smallest absolute Gasteiger partial charge is 0.305 e. The molecule has 0 bridgehead atoms. The van der Waals surface area contributed by atoms with Crippen LogP contribution in [0.25, 0.3) is 10.9 Å². The topological polar surface area (TPSA) is 59.5 Å². The van der Waals surface area contributed by atoms with Gasteiger partial charge in [0, 0.05) is 25.4 Å². The number of esters is 1. The molecule has 1 amide bonds. The van der Waals surface area contributed by atoms with Gasteiger partial charge in [-0.15, -0.1) is 0 Å². The van der Waals surface area contributed by atoms with Crippen LogP contribution in [-0.4, -0.2) is 42.5 Å². The second kappa shape index (κ2) is 7.22. The number of pyridine rings is 1. The number of ether oxygens (including phenoxy) is 1. The average Bonchev–Trinajstić information content (AvgIpc) is 2.53. The van der Waals surface area contributed by atoms with Crippen LogP contribution in [0.1, 0.15) is 34.5 Å². The Hall–Kier alpha value is -2.43. The van der Waals surface area contributed by atoms with Gasteiger partial charge in [0.05, 0.1) is 23.9 Å². The maximum Gasteiger partial charge on any atom is 0.305 e. The zero-order valence-corrected chi connectivity index (χ0v) is 14.0. The van der Waals surface area contributed by atoms with Crippen molar-refractivity contribution in [2.45, 2.75) is 26.7 Å². The van der Waals surface area contributed by atoms with Crippen molar-refractivity contribution in [3.8, 4) is 0 Å². The van der Waals surface area contributed by atoms with Gasteiger partial charge in [-0.2, -0.15) is 0 Å². The first-order chi connectivity index (χ1) is 10.9. The number of fused-ring (bicyclic) bond motifs is 1. The first-order valence-corrected chi connectivity index (χ1v) is 7.62. The Kier molecular flexibility index (Phi) is 5.32. The van der Waals surface area contributed by atoms with Crippen molar-refractivity contribution in [2.24, 2.45) is 0 Å². The molecule has 0 atom stereocenters. The molecule has 0 spiro atoms. The standard InChI is InChI=1S/C18H22N2O3/c1-12-7-8-16-14(10-12)11-15(13(2)19-16)18(22)20(3)9-5-6-17(21)23-4/h7-8,10-11H,5-6,9H2,1-4H3. The third kappa shape index (κ3) is 4.06. The number of methoxy groups -OCH3 is 1. The summed E-state index contributed by atoms with van der Waals surface area (Å²) in [6.45, 7) is 4.35. The second-order valence-electron chi connectivity index (χ2n) is 5.72. The van der Waals surface area contributed by atoms with E-state index in [0.29, 0.717) is 30.6 Å². The molecule has 23 heavy (non-hydrogen) atoms. The van der Waals surface area contributed by atoms with E-state index >= 15 is 0 Å². The van der Waals surface area contributed by atoms with Crippen molar-refractivity contribution in [2.75, 3.05) is 20.7 Å². The van der Waals surface area contributed by atoms with Gasteiger partial charge in [0.15, 0.2) is 0 Å². The van der Waals surface area contributed by atoms with Crippen molar-refractivity contribution in [3.63, 3.8) is 0 Å². The van der Waals surface area contributed by atoms with E-state index in [0.717, 1.165) is 16.5 Å². The predicted octanol–water partition coefficient (Wildman–Crippen LogP) is 2.88. The van der Waals surface area contributed by atoms with E-state index in [1.54, 1.807) is 11.9 Å². The van der Waals surface area contributed by atoms with Crippen LogP contribution >= 0.6 is 0 Å². The van der Waals surface area contributed by atoms with Crippen molar-refractivity contribution < 1.29 is 14.3 Å². The van der Waals surface area contributed by atoms with E-state index < -0.39 is 0 Å². The predicted molar refractivity (Wildman–Crippen MR) is 89.4 cm³/mol. The van der Waals surface area contributed by atoms with Crippen LogP contribution in [0.2, 0.25) is 0 Å².